The van der Waals surface area contributed by atoms with E-state index in [4.69, 9.17) is 9.52 Å². The molecule has 0 bridgehead atoms. The number of hydrogen-bond acceptors (Lipinski definition) is 4. The van der Waals surface area contributed by atoms with Crippen molar-refractivity contribution in [3.05, 3.63) is 47.1 Å². The van der Waals surface area contributed by atoms with Crippen LogP contribution in [0.4, 0.5) is 0 Å². The van der Waals surface area contributed by atoms with E-state index in [0.717, 1.165) is 16.8 Å². The molecule has 1 N–H and O–H groups in total. The second-order valence-electron chi connectivity index (χ2n) is 4.61. The van der Waals surface area contributed by atoms with E-state index in [1.807, 2.05) is 25.1 Å². The minimum absolute atomic E-state index is 0.0458. The van der Waals surface area contributed by atoms with Crippen molar-refractivity contribution < 1.29 is 14.3 Å². The van der Waals surface area contributed by atoms with Gasteiger partial charge in [0.05, 0.1) is 17.6 Å². The molecule has 0 aliphatic rings. The molecule has 6 nitrogen and oxygen atoms in total. The topological polar surface area (TPSA) is 81.1 Å². The fourth-order valence-corrected chi connectivity index (χ4v) is 2.31. The van der Waals surface area contributed by atoms with Gasteiger partial charge >= 0.3 is 5.97 Å². The number of pyridine rings is 1. The maximum atomic E-state index is 11.0. The van der Waals surface area contributed by atoms with Gasteiger partial charge in [0.2, 0.25) is 11.5 Å². The lowest BCUT2D eigenvalue weighted by atomic mass is 10.2. The number of aromatic nitrogens is 3. The van der Waals surface area contributed by atoms with Crippen LogP contribution in [0.1, 0.15) is 27.5 Å². The highest BCUT2D eigenvalue weighted by Crippen LogP contribution is 2.27. The van der Waals surface area contributed by atoms with Crippen molar-refractivity contribution in [2.24, 2.45) is 0 Å². The van der Waals surface area contributed by atoms with Gasteiger partial charge in [0.1, 0.15) is 0 Å². The van der Waals surface area contributed by atoms with Crippen molar-refractivity contribution in [2.75, 3.05) is 0 Å². The summed E-state index contributed by atoms with van der Waals surface area (Å²) in [5.74, 6) is -1.12. The number of aryl methyl sites for hydroxylation is 2. The number of furan rings is 1. The first-order valence-corrected chi connectivity index (χ1v) is 6.17. The van der Waals surface area contributed by atoms with Crippen LogP contribution in [-0.2, 0) is 6.54 Å². The van der Waals surface area contributed by atoms with Gasteiger partial charge in [-0.3, -0.25) is 9.67 Å². The molecule has 0 aromatic carbocycles. The summed E-state index contributed by atoms with van der Waals surface area (Å²) in [5, 5.41) is 14.1. The lowest BCUT2D eigenvalue weighted by Crippen LogP contribution is -2.05. The number of fused-ring (bicyclic) bond motifs is 1. The third-order valence-electron chi connectivity index (χ3n) is 3.32. The van der Waals surface area contributed by atoms with Crippen LogP contribution in [0.5, 0.6) is 0 Å². The van der Waals surface area contributed by atoms with Gasteiger partial charge in [0.25, 0.3) is 0 Å². The lowest BCUT2D eigenvalue weighted by Gasteiger charge is -2.03. The van der Waals surface area contributed by atoms with Crippen LogP contribution in [0.2, 0.25) is 0 Å². The molecule has 0 aliphatic carbocycles. The maximum absolute atomic E-state index is 11.0. The standard InChI is InChI=1S/C14H13N3O3/c1-8-11-9(2)17(7-10-5-3-4-6-15-10)16-13(11)20-12(8)14(18)19/h3-6H,7H2,1-2H3,(H,18,19). The van der Waals surface area contributed by atoms with Crippen molar-refractivity contribution in [3.8, 4) is 0 Å². The Morgan fingerprint density at radius 3 is 2.80 bits per heavy atom. The highest BCUT2D eigenvalue weighted by Gasteiger charge is 2.22. The number of carboxylic acids is 1. The number of rotatable bonds is 3. The quantitative estimate of drug-likeness (QED) is 0.791. The Kier molecular flexibility index (Phi) is 2.78. The lowest BCUT2D eigenvalue weighted by molar-refractivity contribution is 0.0663. The summed E-state index contributed by atoms with van der Waals surface area (Å²) in [6.07, 6.45) is 1.73. The molecule has 3 aromatic heterocycles. The smallest absolute Gasteiger partial charge is 0.372 e. The second kappa shape index (κ2) is 4.48. The fraction of sp³-hybridized carbons (Fsp3) is 0.214. The molecule has 0 saturated heterocycles. The summed E-state index contributed by atoms with van der Waals surface area (Å²) in [7, 11) is 0. The van der Waals surface area contributed by atoms with Crippen molar-refractivity contribution in [2.45, 2.75) is 20.4 Å². The molecule has 0 radical (unpaired) electrons. The molecular formula is C14H13N3O3. The highest BCUT2D eigenvalue weighted by atomic mass is 16.4. The third-order valence-corrected chi connectivity index (χ3v) is 3.32. The van der Waals surface area contributed by atoms with Crippen molar-refractivity contribution in [1.82, 2.24) is 14.8 Å². The molecule has 0 unspecified atom stereocenters. The first-order chi connectivity index (χ1) is 9.58. The average Bonchev–Trinajstić information content (AvgIpc) is 2.90. The molecule has 3 heterocycles. The van der Waals surface area contributed by atoms with Gasteiger partial charge in [-0.1, -0.05) is 6.07 Å². The van der Waals surface area contributed by atoms with Gasteiger partial charge in [0, 0.05) is 17.5 Å². The van der Waals surface area contributed by atoms with Gasteiger partial charge in [-0.25, -0.2) is 4.79 Å². The van der Waals surface area contributed by atoms with Crippen molar-refractivity contribution >= 4 is 17.1 Å². The van der Waals surface area contributed by atoms with Crippen LogP contribution in [-0.4, -0.2) is 25.8 Å². The Hall–Kier alpha value is -2.63. The van der Waals surface area contributed by atoms with Gasteiger partial charge in [-0.2, -0.15) is 0 Å². The van der Waals surface area contributed by atoms with E-state index in [9.17, 15) is 4.79 Å². The molecule has 3 rings (SSSR count). The number of carbonyl (C=O) groups is 1. The Labute approximate surface area is 114 Å². The molecule has 6 heteroatoms. The molecule has 3 aromatic rings. The van der Waals surface area contributed by atoms with Crippen LogP contribution in [0.3, 0.4) is 0 Å². The van der Waals surface area contributed by atoms with Crippen molar-refractivity contribution in [3.63, 3.8) is 0 Å². The fourth-order valence-electron chi connectivity index (χ4n) is 2.31. The molecule has 0 fully saturated rings. The van der Waals surface area contributed by atoms with E-state index in [1.54, 1.807) is 17.8 Å². The SMILES string of the molecule is Cc1c(C(=O)O)oc2nn(Cc3ccccn3)c(C)c12. The summed E-state index contributed by atoms with van der Waals surface area (Å²) in [6, 6.07) is 5.69. The van der Waals surface area contributed by atoms with Crippen molar-refractivity contribution in [1.29, 1.82) is 0 Å². The minimum atomic E-state index is -1.07. The molecular weight excluding hydrogens is 258 g/mol. The normalized spacial score (nSPS) is 11.1. The largest absolute Gasteiger partial charge is 0.475 e. The van der Waals surface area contributed by atoms with E-state index >= 15 is 0 Å². The highest BCUT2D eigenvalue weighted by molar-refractivity contribution is 5.94. The Bertz CT molecular complexity index is 787. The van der Waals surface area contributed by atoms with Crippen LogP contribution in [0, 0.1) is 13.8 Å². The van der Waals surface area contributed by atoms with E-state index < -0.39 is 5.97 Å². The number of hydrogen-bond donors (Lipinski definition) is 1. The molecule has 0 spiro atoms. The third kappa shape index (κ3) is 1.85. The Balaban J connectivity index is 2.06. The summed E-state index contributed by atoms with van der Waals surface area (Å²) >= 11 is 0. The molecule has 0 amide bonds. The second-order valence-corrected chi connectivity index (χ2v) is 4.61. The molecule has 0 saturated carbocycles. The maximum Gasteiger partial charge on any atom is 0.372 e. The summed E-state index contributed by atoms with van der Waals surface area (Å²) < 4.78 is 7.08. The van der Waals surface area contributed by atoms with E-state index in [-0.39, 0.29) is 5.76 Å². The van der Waals surface area contributed by atoms with Gasteiger partial charge in [-0.15, -0.1) is 5.10 Å². The van der Waals surface area contributed by atoms with Crippen LogP contribution < -0.4 is 0 Å². The predicted octanol–water partition coefficient (Wildman–Crippen LogP) is 2.39. The average molecular weight is 271 g/mol. The van der Waals surface area contributed by atoms with Crippen LogP contribution in [0.15, 0.2) is 28.8 Å². The molecule has 102 valence electrons. The number of carboxylic acid groups (broad SMARTS) is 1. The number of aromatic carboxylic acids is 1. The zero-order chi connectivity index (χ0) is 14.3. The van der Waals surface area contributed by atoms with Gasteiger partial charge in [-0.05, 0) is 26.0 Å². The van der Waals surface area contributed by atoms with E-state index in [0.29, 0.717) is 17.8 Å². The molecule has 20 heavy (non-hydrogen) atoms. The van der Waals surface area contributed by atoms with Gasteiger partial charge in [0.15, 0.2) is 0 Å². The zero-order valence-corrected chi connectivity index (χ0v) is 11.1. The molecule has 0 aliphatic heterocycles. The monoisotopic (exact) mass is 271 g/mol. The molecule has 0 atom stereocenters. The minimum Gasteiger partial charge on any atom is -0.475 e. The zero-order valence-electron chi connectivity index (χ0n) is 11.1. The van der Waals surface area contributed by atoms with Gasteiger partial charge < -0.3 is 9.52 Å². The van der Waals surface area contributed by atoms with Crippen LogP contribution in [0.25, 0.3) is 11.1 Å². The summed E-state index contributed by atoms with van der Waals surface area (Å²) in [5.41, 5.74) is 2.72. The van der Waals surface area contributed by atoms with Crippen LogP contribution >= 0.6 is 0 Å². The summed E-state index contributed by atoms with van der Waals surface area (Å²) in [4.78, 5) is 15.3. The first kappa shape index (κ1) is 12.4. The number of nitrogens with zero attached hydrogens (tertiary/aromatic N) is 3. The summed E-state index contributed by atoms with van der Waals surface area (Å²) in [6.45, 7) is 4.15. The first-order valence-electron chi connectivity index (χ1n) is 6.17. The van der Waals surface area contributed by atoms with E-state index in [1.165, 1.54) is 0 Å². The Morgan fingerprint density at radius 1 is 1.40 bits per heavy atom. The van der Waals surface area contributed by atoms with E-state index in [2.05, 4.69) is 10.1 Å². The predicted molar refractivity (Wildman–Crippen MR) is 71.8 cm³/mol. The Morgan fingerprint density at radius 2 is 2.20 bits per heavy atom.